The van der Waals surface area contributed by atoms with Crippen LogP contribution in [0.15, 0.2) is 61.2 Å². The first-order valence-electron chi connectivity index (χ1n) is 16.5. The van der Waals surface area contributed by atoms with Gasteiger partial charge < -0.3 is 29.2 Å². The van der Waals surface area contributed by atoms with E-state index >= 15 is 4.39 Å². The molecule has 13 nitrogen and oxygen atoms in total. The second kappa shape index (κ2) is 14.0. The van der Waals surface area contributed by atoms with Gasteiger partial charge in [-0.2, -0.15) is 0 Å². The number of ether oxygens (including phenoxy) is 2. The van der Waals surface area contributed by atoms with E-state index in [0.29, 0.717) is 84.8 Å². The maximum absolute atomic E-state index is 16.7. The van der Waals surface area contributed by atoms with E-state index in [1.165, 1.54) is 0 Å². The smallest absolute Gasteiger partial charge is 0.270 e. The average molecular weight is 680 g/mol. The zero-order chi connectivity index (χ0) is 34.8. The minimum atomic E-state index is -0.489. The first-order chi connectivity index (χ1) is 24.3. The van der Waals surface area contributed by atoms with Gasteiger partial charge in [-0.25, -0.2) is 9.37 Å². The summed E-state index contributed by atoms with van der Waals surface area (Å²) in [6, 6.07) is 9.00. The Bertz CT molecular complexity index is 2070. The van der Waals surface area contributed by atoms with Crippen LogP contribution in [0, 0.1) is 12.7 Å². The van der Waals surface area contributed by atoms with Gasteiger partial charge in [0, 0.05) is 92.6 Å². The molecule has 1 saturated heterocycles. The van der Waals surface area contributed by atoms with Gasteiger partial charge in [0.2, 0.25) is 5.91 Å². The number of aryl methyl sites for hydroxylation is 2. The number of rotatable bonds is 9. The van der Waals surface area contributed by atoms with Crippen LogP contribution in [0.3, 0.4) is 0 Å². The molecule has 50 heavy (non-hydrogen) atoms. The third-order valence-electron chi connectivity index (χ3n) is 9.31. The van der Waals surface area contributed by atoms with Crippen LogP contribution < -0.4 is 14.4 Å². The van der Waals surface area contributed by atoms with E-state index in [4.69, 9.17) is 9.47 Å². The Morgan fingerprint density at radius 3 is 2.52 bits per heavy atom. The lowest BCUT2D eigenvalue weighted by molar-refractivity contribution is -0.131. The SMILES string of the molecule is COc1cc(C)ncc1-c1cc(C2=CCCN(C(=O)CCn3ccnn3)C2)c(F)c2[nH]c(C(=O)N3CCN(c4ncccc4OC)CC3)cc12. The summed E-state index contributed by atoms with van der Waals surface area (Å²) in [5.41, 5.74) is 3.62. The Hall–Kier alpha value is -5.79. The number of H-pyrrole nitrogens is 1. The predicted octanol–water partition coefficient (Wildman–Crippen LogP) is 4.35. The van der Waals surface area contributed by atoms with Crippen molar-refractivity contribution in [2.75, 3.05) is 58.4 Å². The number of fused-ring (bicyclic) bond motifs is 1. The van der Waals surface area contributed by atoms with Crippen molar-refractivity contribution >= 4 is 34.1 Å². The van der Waals surface area contributed by atoms with Crippen LogP contribution in [0.1, 0.15) is 34.6 Å². The van der Waals surface area contributed by atoms with Crippen molar-refractivity contribution in [3.8, 4) is 22.6 Å². The number of nitrogens with one attached hydrogen (secondary N) is 1. The molecule has 0 aliphatic carbocycles. The molecule has 2 aliphatic rings. The predicted molar refractivity (Wildman–Crippen MR) is 185 cm³/mol. The van der Waals surface area contributed by atoms with Gasteiger partial charge in [-0.05, 0) is 48.7 Å². The number of methoxy groups -OCH3 is 2. The van der Waals surface area contributed by atoms with Crippen LogP contribution in [-0.4, -0.2) is 105 Å². The molecular formula is C36H38FN9O4. The molecule has 6 heterocycles. The lowest BCUT2D eigenvalue weighted by Gasteiger charge is -2.35. The Morgan fingerprint density at radius 2 is 1.76 bits per heavy atom. The zero-order valence-electron chi connectivity index (χ0n) is 28.2. The molecule has 5 aromatic rings. The summed E-state index contributed by atoms with van der Waals surface area (Å²) in [4.78, 5) is 44.8. The van der Waals surface area contributed by atoms with Gasteiger partial charge in [0.1, 0.15) is 11.4 Å². The molecule has 1 aromatic carbocycles. The van der Waals surface area contributed by atoms with Crippen molar-refractivity contribution < 1.29 is 23.5 Å². The van der Waals surface area contributed by atoms with Gasteiger partial charge in [0.15, 0.2) is 17.4 Å². The summed E-state index contributed by atoms with van der Waals surface area (Å²) >= 11 is 0. The molecule has 4 aromatic heterocycles. The number of piperazine rings is 1. The standard InChI is InChI=1S/C36H38FN9O4/c1-23-18-31(50-3)28(21-39-23)26-19-25(24-6-5-11-45(22-24)32(47)8-12-46-13-10-40-42-46)33(37)34-27(26)20-29(41-34)36(48)44-16-14-43(15-17-44)35-30(49-2)7-4-9-38-35/h4,6-7,9-10,13,18-21,41H,5,8,11-12,14-17,22H2,1-3H3. The summed E-state index contributed by atoms with van der Waals surface area (Å²) < 4.78 is 29.5. The van der Waals surface area contributed by atoms with Crippen LogP contribution >= 0.6 is 0 Å². The molecule has 0 bridgehead atoms. The van der Waals surface area contributed by atoms with Crippen LogP contribution in [0.4, 0.5) is 10.2 Å². The Morgan fingerprint density at radius 1 is 0.940 bits per heavy atom. The molecule has 0 unspecified atom stereocenters. The highest BCUT2D eigenvalue weighted by molar-refractivity contribution is 6.05. The van der Waals surface area contributed by atoms with E-state index in [1.807, 2.05) is 31.2 Å². The van der Waals surface area contributed by atoms with Crippen molar-refractivity contribution in [2.45, 2.75) is 26.3 Å². The molecule has 258 valence electrons. The zero-order valence-corrected chi connectivity index (χ0v) is 28.2. The van der Waals surface area contributed by atoms with Crippen molar-refractivity contribution in [1.29, 1.82) is 0 Å². The van der Waals surface area contributed by atoms with E-state index in [2.05, 4.69) is 30.2 Å². The van der Waals surface area contributed by atoms with Gasteiger partial charge in [0.25, 0.3) is 5.91 Å². The second-order valence-corrected chi connectivity index (χ2v) is 12.3. The Kier molecular flexibility index (Phi) is 9.15. The number of hydrogen-bond acceptors (Lipinski definition) is 9. The van der Waals surface area contributed by atoms with Gasteiger partial charge in [-0.15, -0.1) is 5.10 Å². The summed E-state index contributed by atoms with van der Waals surface area (Å²) in [5.74, 6) is 1.23. The number of aromatic amines is 1. The number of hydrogen-bond donors (Lipinski definition) is 1. The Labute approximate surface area is 288 Å². The lowest BCUT2D eigenvalue weighted by Crippen LogP contribution is -2.49. The van der Waals surface area contributed by atoms with Gasteiger partial charge in [0.05, 0.1) is 32.5 Å². The van der Waals surface area contributed by atoms with Crippen molar-refractivity contribution in [2.24, 2.45) is 0 Å². The van der Waals surface area contributed by atoms with E-state index in [-0.39, 0.29) is 36.0 Å². The fourth-order valence-corrected chi connectivity index (χ4v) is 6.68. The molecule has 1 N–H and O–H groups in total. The lowest BCUT2D eigenvalue weighted by atomic mass is 9.93. The highest BCUT2D eigenvalue weighted by atomic mass is 19.1. The Balaban J connectivity index is 1.20. The molecule has 2 amide bonds. The number of anilines is 1. The molecule has 14 heteroatoms. The van der Waals surface area contributed by atoms with Crippen LogP contribution in [0.25, 0.3) is 27.6 Å². The van der Waals surface area contributed by atoms with Gasteiger partial charge in [-0.3, -0.25) is 19.3 Å². The topological polar surface area (TPSA) is 135 Å². The molecule has 0 spiro atoms. The maximum Gasteiger partial charge on any atom is 0.270 e. The van der Waals surface area contributed by atoms with Gasteiger partial charge in [-0.1, -0.05) is 11.3 Å². The normalized spacial score (nSPS) is 15.0. The highest BCUT2D eigenvalue weighted by Crippen LogP contribution is 2.40. The number of amides is 2. The number of carbonyl (C=O) groups excluding carboxylic acids is 2. The fourth-order valence-electron chi connectivity index (χ4n) is 6.68. The number of benzene rings is 1. The van der Waals surface area contributed by atoms with Crippen LogP contribution in [-0.2, 0) is 11.3 Å². The maximum atomic E-state index is 16.7. The third kappa shape index (κ3) is 6.35. The second-order valence-electron chi connectivity index (χ2n) is 12.3. The highest BCUT2D eigenvalue weighted by Gasteiger charge is 2.29. The quantitative estimate of drug-likeness (QED) is 0.241. The molecule has 1 fully saturated rings. The summed E-state index contributed by atoms with van der Waals surface area (Å²) in [5, 5.41) is 8.27. The van der Waals surface area contributed by atoms with E-state index in [0.717, 1.165) is 11.5 Å². The van der Waals surface area contributed by atoms with Crippen LogP contribution in [0.5, 0.6) is 11.5 Å². The monoisotopic (exact) mass is 679 g/mol. The first-order valence-corrected chi connectivity index (χ1v) is 16.5. The molecule has 0 atom stereocenters. The number of halogens is 1. The van der Waals surface area contributed by atoms with Crippen molar-refractivity contribution in [3.63, 3.8) is 0 Å². The van der Waals surface area contributed by atoms with Crippen LogP contribution in [0.2, 0.25) is 0 Å². The van der Waals surface area contributed by atoms with E-state index < -0.39 is 5.82 Å². The number of nitrogens with zero attached hydrogens (tertiary/aromatic N) is 8. The third-order valence-corrected chi connectivity index (χ3v) is 9.31. The molecule has 7 rings (SSSR count). The molecular weight excluding hydrogens is 641 g/mol. The summed E-state index contributed by atoms with van der Waals surface area (Å²) in [6.07, 6.45) is 9.52. The molecule has 2 aliphatic heterocycles. The number of pyridine rings is 2. The first kappa shape index (κ1) is 32.7. The summed E-state index contributed by atoms with van der Waals surface area (Å²) in [6.45, 7) is 5.11. The largest absolute Gasteiger partial charge is 0.496 e. The minimum Gasteiger partial charge on any atom is -0.496 e. The summed E-state index contributed by atoms with van der Waals surface area (Å²) in [7, 11) is 3.19. The molecule has 0 saturated carbocycles. The number of aromatic nitrogens is 6. The van der Waals surface area contributed by atoms with Crippen molar-refractivity contribution in [1.82, 2.24) is 39.7 Å². The van der Waals surface area contributed by atoms with E-state index in [9.17, 15) is 9.59 Å². The minimum absolute atomic E-state index is 0.0495. The van der Waals surface area contributed by atoms with Gasteiger partial charge >= 0.3 is 0 Å². The molecule has 0 radical (unpaired) electrons. The fraction of sp³-hybridized carbons (Fsp3) is 0.333. The number of carbonyl (C=O) groups is 2. The van der Waals surface area contributed by atoms with Crippen molar-refractivity contribution in [3.05, 3.63) is 84.0 Å². The van der Waals surface area contributed by atoms with E-state index in [1.54, 1.807) is 65.6 Å². The average Bonchev–Trinajstić information content (AvgIpc) is 3.85.